The van der Waals surface area contributed by atoms with Gasteiger partial charge < -0.3 is 10.4 Å². The molecule has 0 saturated heterocycles. The smallest absolute Gasteiger partial charge is 0.320 e. The quantitative estimate of drug-likeness (QED) is 0.631. The highest BCUT2D eigenvalue weighted by atomic mass is 16.4. The zero-order valence-corrected chi connectivity index (χ0v) is 7.42. The molecular formula is C8H17NO2. The summed E-state index contributed by atoms with van der Waals surface area (Å²) in [6.07, 6.45) is 1.03. The first-order valence-electron chi connectivity index (χ1n) is 4.00. The minimum absolute atomic E-state index is 0.422. The van der Waals surface area contributed by atoms with Crippen LogP contribution < -0.4 is 5.32 Å². The maximum absolute atomic E-state index is 10.3. The van der Waals surface area contributed by atoms with E-state index in [9.17, 15) is 4.79 Å². The number of carboxylic acid groups (broad SMARTS) is 1. The second kappa shape index (κ2) is 5.13. The third-order valence-electron chi connectivity index (χ3n) is 1.54. The Morgan fingerprint density at radius 3 is 2.36 bits per heavy atom. The second-order valence-electron chi connectivity index (χ2n) is 3.20. The minimum atomic E-state index is -0.784. The van der Waals surface area contributed by atoms with Gasteiger partial charge in [0, 0.05) is 0 Å². The summed E-state index contributed by atoms with van der Waals surface area (Å²) in [5.41, 5.74) is 0. The van der Waals surface area contributed by atoms with Crippen LogP contribution in [0.2, 0.25) is 0 Å². The van der Waals surface area contributed by atoms with Crippen molar-refractivity contribution in [1.29, 1.82) is 0 Å². The molecule has 0 radical (unpaired) electrons. The Morgan fingerprint density at radius 2 is 2.00 bits per heavy atom. The van der Waals surface area contributed by atoms with E-state index < -0.39 is 12.0 Å². The Balaban J connectivity index is 3.31. The Kier molecular flexibility index (Phi) is 4.86. The van der Waals surface area contributed by atoms with Crippen molar-refractivity contribution >= 4 is 5.97 Å². The Labute approximate surface area is 67.8 Å². The van der Waals surface area contributed by atoms with Gasteiger partial charge in [0.05, 0.1) is 0 Å². The molecule has 3 heteroatoms. The number of carboxylic acids is 1. The fourth-order valence-electron chi connectivity index (χ4n) is 0.676. The molecule has 2 N–H and O–H groups in total. The van der Waals surface area contributed by atoms with Crippen molar-refractivity contribution in [3.8, 4) is 0 Å². The number of hydrogen-bond donors (Lipinski definition) is 2. The second-order valence-corrected chi connectivity index (χ2v) is 3.20. The van der Waals surface area contributed by atoms with Gasteiger partial charge in [0.1, 0.15) is 6.04 Å². The highest BCUT2D eigenvalue weighted by Crippen LogP contribution is 1.96. The third-order valence-corrected chi connectivity index (χ3v) is 1.54. The van der Waals surface area contributed by atoms with Crippen molar-refractivity contribution in [2.45, 2.75) is 33.2 Å². The summed E-state index contributed by atoms with van der Waals surface area (Å²) < 4.78 is 0. The molecule has 3 nitrogen and oxygen atoms in total. The predicted octanol–water partition coefficient (Wildman–Crippen LogP) is 1.10. The van der Waals surface area contributed by atoms with Gasteiger partial charge in [-0.2, -0.15) is 0 Å². The van der Waals surface area contributed by atoms with Gasteiger partial charge >= 0.3 is 5.97 Å². The number of hydrogen-bond acceptors (Lipinski definition) is 2. The first kappa shape index (κ1) is 10.4. The summed E-state index contributed by atoms with van der Waals surface area (Å²) in [6.45, 7) is 6.67. The van der Waals surface area contributed by atoms with Gasteiger partial charge in [0.15, 0.2) is 0 Å². The van der Waals surface area contributed by atoms with Gasteiger partial charge in [-0.25, -0.2) is 0 Å². The summed E-state index contributed by atoms with van der Waals surface area (Å²) in [6, 6.07) is -0.422. The Bertz CT molecular complexity index is 123. The molecule has 0 rings (SSSR count). The molecular weight excluding hydrogens is 142 g/mol. The standard InChI is InChI=1S/C8H17NO2/c1-6(2)4-5-9-7(3)8(10)11/h6-7,9H,4-5H2,1-3H3,(H,10,11). The summed E-state index contributed by atoms with van der Waals surface area (Å²) in [4.78, 5) is 10.3. The van der Waals surface area contributed by atoms with E-state index in [-0.39, 0.29) is 0 Å². The van der Waals surface area contributed by atoms with Gasteiger partial charge in [-0.1, -0.05) is 13.8 Å². The summed E-state index contributed by atoms with van der Waals surface area (Å²) in [5.74, 6) is -0.155. The molecule has 11 heavy (non-hydrogen) atoms. The lowest BCUT2D eigenvalue weighted by atomic mass is 10.1. The molecule has 0 aliphatic carbocycles. The molecule has 0 aromatic rings. The molecule has 0 amide bonds. The molecule has 1 unspecified atom stereocenters. The lowest BCUT2D eigenvalue weighted by molar-refractivity contribution is -0.139. The maximum Gasteiger partial charge on any atom is 0.320 e. The van der Waals surface area contributed by atoms with Gasteiger partial charge in [0.2, 0.25) is 0 Å². The lowest BCUT2D eigenvalue weighted by Crippen LogP contribution is -2.34. The first-order chi connectivity index (χ1) is 5.04. The van der Waals surface area contributed by atoms with Gasteiger partial charge in [-0.15, -0.1) is 0 Å². The number of carbonyl (C=O) groups is 1. The van der Waals surface area contributed by atoms with Gasteiger partial charge in [-0.3, -0.25) is 4.79 Å². The summed E-state index contributed by atoms with van der Waals surface area (Å²) >= 11 is 0. The number of nitrogens with one attached hydrogen (secondary N) is 1. The predicted molar refractivity (Wildman–Crippen MR) is 44.6 cm³/mol. The van der Waals surface area contributed by atoms with Crippen molar-refractivity contribution < 1.29 is 9.90 Å². The summed E-state index contributed by atoms with van der Waals surface area (Å²) in [5, 5.41) is 11.4. The molecule has 0 aromatic heterocycles. The molecule has 0 heterocycles. The van der Waals surface area contributed by atoms with Crippen LogP contribution in [0.25, 0.3) is 0 Å². The Morgan fingerprint density at radius 1 is 1.45 bits per heavy atom. The fourth-order valence-corrected chi connectivity index (χ4v) is 0.676. The van der Waals surface area contributed by atoms with E-state index in [2.05, 4.69) is 19.2 Å². The minimum Gasteiger partial charge on any atom is -0.480 e. The van der Waals surface area contributed by atoms with Crippen molar-refractivity contribution in [1.82, 2.24) is 5.32 Å². The van der Waals surface area contributed by atoms with E-state index in [4.69, 9.17) is 5.11 Å². The van der Waals surface area contributed by atoms with E-state index in [0.29, 0.717) is 5.92 Å². The van der Waals surface area contributed by atoms with E-state index in [0.717, 1.165) is 13.0 Å². The SMILES string of the molecule is CC(C)CCNC(C)C(=O)O. The largest absolute Gasteiger partial charge is 0.480 e. The van der Waals surface area contributed by atoms with Crippen LogP contribution in [0.3, 0.4) is 0 Å². The van der Waals surface area contributed by atoms with Gasteiger partial charge in [-0.05, 0) is 25.8 Å². The van der Waals surface area contributed by atoms with E-state index >= 15 is 0 Å². The molecule has 0 bridgehead atoms. The van der Waals surface area contributed by atoms with Crippen LogP contribution in [0.4, 0.5) is 0 Å². The monoisotopic (exact) mass is 159 g/mol. The average Bonchev–Trinajstić information content (AvgIpc) is 1.86. The van der Waals surface area contributed by atoms with E-state index in [1.54, 1.807) is 6.92 Å². The van der Waals surface area contributed by atoms with E-state index in [1.165, 1.54) is 0 Å². The third kappa shape index (κ3) is 5.85. The fraction of sp³-hybridized carbons (Fsp3) is 0.875. The van der Waals surface area contributed by atoms with Crippen LogP contribution in [-0.4, -0.2) is 23.7 Å². The molecule has 66 valence electrons. The molecule has 0 aliphatic rings. The zero-order valence-electron chi connectivity index (χ0n) is 7.42. The van der Waals surface area contributed by atoms with Crippen molar-refractivity contribution in [2.75, 3.05) is 6.54 Å². The number of aliphatic carboxylic acids is 1. The van der Waals surface area contributed by atoms with Crippen molar-refractivity contribution in [3.05, 3.63) is 0 Å². The average molecular weight is 159 g/mol. The van der Waals surface area contributed by atoms with Crippen LogP contribution in [0.1, 0.15) is 27.2 Å². The molecule has 0 aliphatic heterocycles. The molecule has 0 spiro atoms. The topological polar surface area (TPSA) is 49.3 Å². The van der Waals surface area contributed by atoms with Crippen LogP contribution >= 0.6 is 0 Å². The molecule has 1 atom stereocenters. The van der Waals surface area contributed by atoms with Crippen LogP contribution in [0.5, 0.6) is 0 Å². The van der Waals surface area contributed by atoms with Crippen LogP contribution in [0, 0.1) is 5.92 Å². The van der Waals surface area contributed by atoms with Gasteiger partial charge in [0.25, 0.3) is 0 Å². The summed E-state index contributed by atoms with van der Waals surface area (Å²) in [7, 11) is 0. The Hall–Kier alpha value is -0.570. The number of rotatable bonds is 5. The highest BCUT2D eigenvalue weighted by Gasteiger charge is 2.08. The normalized spacial score (nSPS) is 13.5. The van der Waals surface area contributed by atoms with Crippen LogP contribution in [-0.2, 0) is 4.79 Å². The zero-order chi connectivity index (χ0) is 8.85. The first-order valence-corrected chi connectivity index (χ1v) is 4.00. The maximum atomic E-state index is 10.3. The van der Waals surface area contributed by atoms with Crippen molar-refractivity contribution in [3.63, 3.8) is 0 Å². The van der Waals surface area contributed by atoms with Crippen LogP contribution in [0.15, 0.2) is 0 Å². The highest BCUT2D eigenvalue weighted by molar-refractivity contribution is 5.72. The molecule has 0 fully saturated rings. The molecule has 0 aromatic carbocycles. The van der Waals surface area contributed by atoms with Crippen molar-refractivity contribution in [2.24, 2.45) is 5.92 Å². The van der Waals surface area contributed by atoms with E-state index in [1.807, 2.05) is 0 Å². The molecule has 0 saturated carbocycles. The lowest BCUT2D eigenvalue weighted by Gasteiger charge is -2.09.